The third kappa shape index (κ3) is 7.39. The molecule has 2 bridgehead atoms. The second-order valence-corrected chi connectivity index (χ2v) is 16.2. The number of amides is 1. The van der Waals surface area contributed by atoms with Gasteiger partial charge in [0.25, 0.3) is 5.91 Å². The summed E-state index contributed by atoms with van der Waals surface area (Å²) >= 11 is 0. The van der Waals surface area contributed by atoms with Gasteiger partial charge in [0.05, 0.1) is 36.0 Å². The number of aromatic nitrogens is 2. The highest BCUT2D eigenvalue weighted by molar-refractivity contribution is 5.93. The highest BCUT2D eigenvalue weighted by Crippen LogP contribution is 2.53. The lowest BCUT2D eigenvalue weighted by atomic mass is 9.65. The molecule has 2 N–H and O–H groups in total. The number of hydrogen-bond donors (Lipinski definition) is 2. The highest BCUT2D eigenvalue weighted by atomic mass is 16.7. The van der Waals surface area contributed by atoms with Crippen LogP contribution in [-0.4, -0.2) is 51.1 Å². The molecular weight excluding hydrogens is 649 g/mol. The van der Waals surface area contributed by atoms with Crippen molar-refractivity contribution in [1.82, 2.24) is 20.2 Å². The summed E-state index contributed by atoms with van der Waals surface area (Å²) in [4.78, 5) is 24.7. The number of aliphatic hydroxyl groups is 1. The summed E-state index contributed by atoms with van der Waals surface area (Å²) in [6.45, 7) is 9.70. The molecule has 1 aromatic heterocycles. The van der Waals surface area contributed by atoms with E-state index in [1.807, 2.05) is 54.6 Å². The molecule has 2 saturated heterocycles. The number of nitrogens with one attached hydrogen (secondary N) is 1. The van der Waals surface area contributed by atoms with Gasteiger partial charge in [-0.2, -0.15) is 0 Å². The van der Waals surface area contributed by atoms with Crippen LogP contribution in [0, 0.1) is 10.8 Å². The van der Waals surface area contributed by atoms with Crippen molar-refractivity contribution in [2.75, 3.05) is 13.1 Å². The number of aliphatic hydroxyl groups excluding tert-OH is 1. The molecule has 8 heteroatoms. The SMILES string of the molecule is CC1(C)CC2CC(C)(CN2CC2CC(c3ccc(CO)cc3)OC(c3ccc(-c4ccccc4CNC(=O)c4cnc5ccccc5n4)cc3)O2)C1. The number of likely N-dealkylation sites (tertiary alicyclic amines) is 1. The molecule has 1 saturated carbocycles. The molecule has 268 valence electrons. The van der Waals surface area contributed by atoms with E-state index in [0.717, 1.165) is 58.4 Å². The number of nitrogens with zero attached hydrogens (tertiary/aromatic N) is 3. The van der Waals surface area contributed by atoms with E-state index in [1.54, 1.807) is 0 Å². The second kappa shape index (κ2) is 14.2. The fourth-order valence-electron chi connectivity index (χ4n) is 9.19. The van der Waals surface area contributed by atoms with Crippen LogP contribution in [0.5, 0.6) is 0 Å². The minimum Gasteiger partial charge on any atom is -0.392 e. The average molecular weight is 697 g/mol. The zero-order valence-electron chi connectivity index (χ0n) is 30.3. The number of para-hydroxylation sites is 2. The largest absolute Gasteiger partial charge is 0.392 e. The van der Waals surface area contributed by atoms with Crippen LogP contribution >= 0.6 is 0 Å². The van der Waals surface area contributed by atoms with Gasteiger partial charge in [-0.25, -0.2) is 4.98 Å². The maximum atomic E-state index is 13.1. The zero-order chi connectivity index (χ0) is 35.9. The molecule has 8 nitrogen and oxygen atoms in total. The monoisotopic (exact) mass is 696 g/mol. The van der Waals surface area contributed by atoms with Crippen LogP contribution in [-0.2, 0) is 22.6 Å². The Morgan fingerprint density at radius 3 is 2.40 bits per heavy atom. The van der Waals surface area contributed by atoms with E-state index < -0.39 is 6.29 Å². The van der Waals surface area contributed by atoms with Gasteiger partial charge in [-0.1, -0.05) is 106 Å². The van der Waals surface area contributed by atoms with Crippen LogP contribution in [0.3, 0.4) is 0 Å². The topological polar surface area (TPSA) is 96.8 Å². The Hall–Kier alpha value is -4.47. The first kappa shape index (κ1) is 34.6. The van der Waals surface area contributed by atoms with Crippen LogP contribution in [0.1, 0.15) is 91.6 Å². The first-order chi connectivity index (χ1) is 25.1. The van der Waals surface area contributed by atoms with Crippen molar-refractivity contribution in [2.24, 2.45) is 10.8 Å². The van der Waals surface area contributed by atoms with Crippen molar-refractivity contribution in [2.45, 2.75) is 84.1 Å². The van der Waals surface area contributed by atoms with Gasteiger partial charge in [0.15, 0.2) is 6.29 Å². The fourth-order valence-corrected chi connectivity index (χ4v) is 9.19. The summed E-state index contributed by atoms with van der Waals surface area (Å²) in [7, 11) is 0. The second-order valence-electron chi connectivity index (χ2n) is 16.2. The van der Waals surface area contributed by atoms with E-state index in [4.69, 9.17) is 9.47 Å². The molecule has 4 aromatic carbocycles. The Kier molecular flexibility index (Phi) is 9.42. The van der Waals surface area contributed by atoms with Crippen molar-refractivity contribution in [1.29, 1.82) is 0 Å². The van der Waals surface area contributed by atoms with Gasteiger partial charge in [0.2, 0.25) is 0 Å². The van der Waals surface area contributed by atoms with Gasteiger partial charge in [0, 0.05) is 37.7 Å². The minimum absolute atomic E-state index is 0.0173. The number of benzene rings is 4. The van der Waals surface area contributed by atoms with E-state index in [-0.39, 0.29) is 24.7 Å². The van der Waals surface area contributed by atoms with Crippen molar-refractivity contribution in [3.63, 3.8) is 0 Å². The molecule has 3 heterocycles. The Balaban J connectivity index is 0.993. The first-order valence-corrected chi connectivity index (χ1v) is 18.6. The first-order valence-electron chi connectivity index (χ1n) is 18.6. The van der Waals surface area contributed by atoms with E-state index in [2.05, 4.69) is 83.4 Å². The molecule has 8 rings (SSSR count). The minimum atomic E-state index is -0.512. The molecular formula is C44H48N4O4. The number of carbonyl (C=O) groups excluding carboxylic acids is 1. The lowest BCUT2D eigenvalue weighted by Gasteiger charge is -2.41. The standard InChI is InChI=1S/C44H48N4O4/c1-43(2)21-34-22-44(3,27-43)28-48(34)25-35-20-40(31-14-12-29(26-49)13-15-31)52-42(51-35)32-18-16-30(17-19-32)36-9-5-4-8-33(36)23-46-41(50)39-24-45-37-10-6-7-11-38(37)47-39/h4-19,24,34-35,40,42,49H,20-23,25-28H2,1-3H3,(H,46,50). The van der Waals surface area contributed by atoms with E-state index in [1.165, 1.54) is 25.5 Å². The van der Waals surface area contributed by atoms with Gasteiger partial charge in [-0.05, 0) is 70.0 Å². The quantitative estimate of drug-likeness (QED) is 0.161. The third-order valence-corrected chi connectivity index (χ3v) is 11.2. The molecule has 5 atom stereocenters. The normalized spacial score (nSPS) is 25.6. The molecule has 1 amide bonds. The molecule has 0 radical (unpaired) electrons. The lowest BCUT2D eigenvalue weighted by Crippen LogP contribution is -2.42. The predicted octanol–water partition coefficient (Wildman–Crippen LogP) is 8.17. The van der Waals surface area contributed by atoms with Crippen molar-refractivity contribution in [3.8, 4) is 11.1 Å². The molecule has 52 heavy (non-hydrogen) atoms. The van der Waals surface area contributed by atoms with Gasteiger partial charge in [-0.3, -0.25) is 14.7 Å². The average Bonchev–Trinajstić information content (AvgIpc) is 3.40. The molecule has 3 aliphatic rings. The zero-order valence-corrected chi connectivity index (χ0v) is 30.3. The Labute approximate surface area is 306 Å². The molecule has 0 spiro atoms. The van der Waals surface area contributed by atoms with Crippen LogP contribution in [0.2, 0.25) is 0 Å². The van der Waals surface area contributed by atoms with Gasteiger partial charge < -0.3 is 19.9 Å². The summed E-state index contributed by atoms with van der Waals surface area (Å²) in [6.07, 6.45) is 5.44. The van der Waals surface area contributed by atoms with Crippen molar-refractivity contribution < 1.29 is 19.4 Å². The van der Waals surface area contributed by atoms with Gasteiger partial charge in [-0.15, -0.1) is 0 Å². The van der Waals surface area contributed by atoms with Crippen LogP contribution < -0.4 is 5.32 Å². The van der Waals surface area contributed by atoms with E-state index in [9.17, 15) is 9.90 Å². The summed E-state index contributed by atoms with van der Waals surface area (Å²) < 4.78 is 13.5. The Morgan fingerprint density at radius 1 is 0.885 bits per heavy atom. The van der Waals surface area contributed by atoms with Crippen LogP contribution in [0.4, 0.5) is 0 Å². The molecule has 3 fully saturated rings. The molecule has 1 aliphatic carbocycles. The summed E-state index contributed by atoms with van der Waals surface area (Å²) in [5.74, 6) is -0.264. The smallest absolute Gasteiger partial charge is 0.271 e. The molecule has 5 aromatic rings. The number of ether oxygens (including phenoxy) is 2. The van der Waals surface area contributed by atoms with E-state index >= 15 is 0 Å². The van der Waals surface area contributed by atoms with Crippen molar-refractivity contribution >= 4 is 16.9 Å². The highest BCUT2D eigenvalue weighted by Gasteiger charge is 2.50. The number of fused-ring (bicyclic) bond motifs is 3. The molecule has 5 unspecified atom stereocenters. The number of hydrogen-bond acceptors (Lipinski definition) is 7. The summed E-state index contributed by atoms with van der Waals surface area (Å²) in [5.41, 5.74) is 8.51. The van der Waals surface area contributed by atoms with Crippen molar-refractivity contribution in [3.05, 3.63) is 131 Å². The lowest BCUT2D eigenvalue weighted by molar-refractivity contribution is -0.253. The maximum absolute atomic E-state index is 13.1. The van der Waals surface area contributed by atoms with Gasteiger partial charge >= 0.3 is 0 Å². The summed E-state index contributed by atoms with van der Waals surface area (Å²) in [5, 5.41) is 12.7. The van der Waals surface area contributed by atoms with Gasteiger partial charge in [0.1, 0.15) is 5.69 Å². The molecule has 2 aliphatic heterocycles. The number of rotatable bonds is 9. The fraction of sp³-hybridized carbons (Fsp3) is 0.386. The third-order valence-electron chi connectivity index (χ3n) is 11.2. The predicted molar refractivity (Wildman–Crippen MR) is 202 cm³/mol. The summed E-state index contributed by atoms with van der Waals surface area (Å²) in [6, 6.07) is 32.8. The van der Waals surface area contributed by atoms with Crippen LogP contribution in [0.15, 0.2) is 103 Å². The van der Waals surface area contributed by atoms with E-state index in [0.29, 0.717) is 34.6 Å². The maximum Gasteiger partial charge on any atom is 0.271 e. The van der Waals surface area contributed by atoms with Crippen LogP contribution in [0.25, 0.3) is 22.2 Å². The Morgan fingerprint density at radius 2 is 1.62 bits per heavy atom. The number of carbonyl (C=O) groups is 1. The Bertz CT molecular complexity index is 2050.